The number of nitrogens with two attached hydrogens (primary N) is 1. The predicted molar refractivity (Wildman–Crippen MR) is 55.3 cm³/mol. The van der Waals surface area contributed by atoms with Crippen LogP contribution in [-0.4, -0.2) is 16.1 Å². The molecule has 1 heterocycles. The number of pyridine rings is 1. The van der Waals surface area contributed by atoms with Gasteiger partial charge in [-0.05, 0) is 41.4 Å². The molecule has 0 aromatic carbocycles. The molecule has 72 valence electrons. The minimum atomic E-state index is -0.687. The van der Waals surface area contributed by atoms with E-state index in [1.165, 1.54) is 0 Å². The van der Waals surface area contributed by atoms with Crippen LogP contribution >= 0.6 is 15.9 Å². The Hall–Kier alpha value is -0.450. The molecule has 3 nitrogen and oxygen atoms in total. The second-order valence-corrected chi connectivity index (χ2v) is 4.08. The Morgan fingerprint density at radius 1 is 1.62 bits per heavy atom. The number of hydrogen-bond acceptors (Lipinski definition) is 3. The van der Waals surface area contributed by atoms with Gasteiger partial charge in [0.2, 0.25) is 0 Å². The number of halogens is 1. The van der Waals surface area contributed by atoms with E-state index in [1.807, 2.05) is 13.0 Å². The van der Waals surface area contributed by atoms with Gasteiger partial charge in [-0.1, -0.05) is 0 Å². The zero-order valence-corrected chi connectivity index (χ0v) is 9.25. The molecule has 0 saturated heterocycles. The number of aliphatic hydroxyl groups is 1. The Labute approximate surface area is 86.1 Å². The Bertz CT molecular complexity index is 302. The number of rotatable bonds is 2. The lowest BCUT2D eigenvalue weighted by Gasteiger charge is -2.15. The van der Waals surface area contributed by atoms with Crippen LogP contribution in [0.1, 0.15) is 24.3 Å². The number of aryl methyl sites for hydroxylation is 1. The fourth-order valence-electron chi connectivity index (χ4n) is 1.11. The average Bonchev–Trinajstić information content (AvgIpc) is 2.03. The summed E-state index contributed by atoms with van der Waals surface area (Å²) in [5, 5.41) is 9.67. The molecule has 0 aliphatic heterocycles. The number of nitrogens with zero attached hydrogens (tertiary/aromatic N) is 1. The smallest absolute Gasteiger partial charge is 0.111 e. The second-order valence-electron chi connectivity index (χ2n) is 3.16. The first-order valence-corrected chi connectivity index (χ1v) is 4.87. The first-order valence-electron chi connectivity index (χ1n) is 4.08. The van der Waals surface area contributed by atoms with Crippen molar-refractivity contribution in [3.05, 3.63) is 28.0 Å². The highest BCUT2D eigenvalue weighted by Gasteiger charge is 2.15. The van der Waals surface area contributed by atoms with Crippen molar-refractivity contribution in [1.29, 1.82) is 0 Å². The molecule has 2 atom stereocenters. The third kappa shape index (κ3) is 2.49. The molecular formula is C9H13BrN2O. The van der Waals surface area contributed by atoms with Crippen molar-refractivity contribution in [2.24, 2.45) is 5.73 Å². The summed E-state index contributed by atoms with van der Waals surface area (Å²) in [4.78, 5) is 4.12. The van der Waals surface area contributed by atoms with E-state index in [4.69, 9.17) is 5.73 Å². The molecule has 0 aliphatic rings. The molecule has 0 spiro atoms. The van der Waals surface area contributed by atoms with Gasteiger partial charge in [0, 0.05) is 16.7 Å². The summed E-state index contributed by atoms with van der Waals surface area (Å²) in [6, 6.07) is 1.61. The standard InChI is InChI=1S/C9H13BrN2O/c1-5-3-7(10)4-12-8(5)9(13)6(2)11/h3-4,6,9,13H,11H2,1-2H3. The molecule has 1 aromatic heterocycles. The molecule has 1 rings (SSSR count). The lowest BCUT2D eigenvalue weighted by atomic mass is 10.1. The van der Waals surface area contributed by atoms with Crippen LogP contribution in [0.4, 0.5) is 0 Å². The number of hydrogen-bond donors (Lipinski definition) is 2. The second kappa shape index (κ2) is 4.17. The van der Waals surface area contributed by atoms with E-state index in [9.17, 15) is 5.11 Å². The van der Waals surface area contributed by atoms with Gasteiger partial charge < -0.3 is 10.8 Å². The van der Waals surface area contributed by atoms with Crippen LogP contribution in [-0.2, 0) is 0 Å². The molecule has 1 aromatic rings. The highest BCUT2D eigenvalue weighted by molar-refractivity contribution is 9.10. The summed E-state index contributed by atoms with van der Waals surface area (Å²) < 4.78 is 0.908. The molecule has 0 saturated carbocycles. The minimum Gasteiger partial charge on any atom is -0.385 e. The SMILES string of the molecule is Cc1cc(Br)cnc1C(O)C(C)N. The van der Waals surface area contributed by atoms with Gasteiger partial charge in [0.15, 0.2) is 0 Å². The summed E-state index contributed by atoms with van der Waals surface area (Å²) in [7, 11) is 0. The van der Waals surface area contributed by atoms with Crippen LogP contribution < -0.4 is 5.73 Å². The van der Waals surface area contributed by atoms with Gasteiger partial charge in [0.25, 0.3) is 0 Å². The molecule has 0 aliphatic carbocycles. The first-order chi connectivity index (χ1) is 6.02. The van der Waals surface area contributed by atoms with Gasteiger partial charge in [-0.2, -0.15) is 0 Å². The van der Waals surface area contributed by atoms with Crippen LogP contribution in [0.25, 0.3) is 0 Å². The maximum Gasteiger partial charge on any atom is 0.111 e. The molecule has 2 unspecified atom stereocenters. The number of aliphatic hydroxyl groups excluding tert-OH is 1. The van der Waals surface area contributed by atoms with E-state index in [0.29, 0.717) is 5.69 Å². The topological polar surface area (TPSA) is 59.1 Å². The van der Waals surface area contributed by atoms with Gasteiger partial charge in [-0.25, -0.2) is 0 Å². The van der Waals surface area contributed by atoms with Crippen LogP contribution in [0.15, 0.2) is 16.7 Å². The van der Waals surface area contributed by atoms with Crippen LogP contribution in [0.5, 0.6) is 0 Å². The fourth-order valence-corrected chi connectivity index (χ4v) is 1.56. The molecule has 4 heteroatoms. The first kappa shape index (κ1) is 10.6. The van der Waals surface area contributed by atoms with Crippen molar-refractivity contribution in [3.8, 4) is 0 Å². The van der Waals surface area contributed by atoms with Crippen molar-refractivity contribution in [3.63, 3.8) is 0 Å². The summed E-state index contributed by atoms with van der Waals surface area (Å²) in [6.45, 7) is 3.66. The largest absolute Gasteiger partial charge is 0.385 e. The van der Waals surface area contributed by atoms with Gasteiger partial charge >= 0.3 is 0 Å². The van der Waals surface area contributed by atoms with Crippen molar-refractivity contribution >= 4 is 15.9 Å². The van der Waals surface area contributed by atoms with Gasteiger partial charge in [0.1, 0.15) is 6.10 Å². The average molecular weight is 245 g/mol. The Balaban J connectivity index is 3.01. The Morgan fingerprint density at radius 3 is 2.69 bits per heavy atom. The maximum absolute atomic E-state index is 9.67. The third-order valence-electron chi connectivity index (χ3n) is 1.86. The zero-order chi connectivity index (χ0) is 10.0. The molecule has 13 heavy (non-hydrogen) atoms. The third-order valence-corrected chi connectivity index (χ3v) is 2.30. The number of aromatic nitrogens is 1. The Kier molecular flexibility index (Phi) is 3.41. The molecule has 0 amide bonds. The zero-order valence-electron chi connectivity index (χ0n) is 7.66. The summed E-state index contributed by atoms with van der Waals surface area (Å²) in [5.74, 6) is 0. The van der Waals surface area contributed by atoms with Crippen LogP contribution in [0.2, 0.25) is 0 Å². The van der Waals surface area contributed by atoms with Gasteiger partial charge in [-0.3, -0.25) is 4.98 Å². The highest BCUT2D eigenvalue weighted by Crippen LogP contribution is 2.20. The molecular weight excluding hydrogens is 232 g/mol. The van der Waals surface area contributed by atoms with E-state index < -0.39 is 6.10 Å². The minimum absolute atomic E-state index is 0.299. The fraction of sp³-hybridized carbons (Fsp3) is 0.444. The maximum atomic E-state index is 9.67. The van der Waals surface area contributed by atoms with Crippen molar-refractivity contribution in [2.75, 3.05) is 0 Å². The molecule has 0 radical (unpaired) electrons. The van der Waals surface area contributed by atoms with E-state index in [-0.39, 0.29) is 6.04 Å². The summed E-state index contributed by atoms with van der Waals surface area (Å²) in [5.41, 5.74) is 7.17. The molecule has 0 bridgehead atoms. The normalized spacial score (nSPS) is 15.5. The predicted octanol–water partition coefficient (Wildman–Crippen LogP) is 1.53. The van der Waals surface area contributed by atoms with E-state index in [0.717, 1.165) is 10.0 Å². The Morgan fingerprint density at radius 2 is 2.23 bits per heavy atom. The summed E-state index contributed by atoms with van der Waals surface area (Å²) in [6.07, 6.45) is 0.974. The lowest BCUT2D eigenvalue weighted by molar-refractivity contribution is 0.148. The van der Waals surface area contributed by atoms with Gasteiger partial charge in [-0.15, -0.1) is 0 Å². The van der Waals surface area contributed by atoms with E-state index >= 15 is 0 Å². The van der Waals surface area contributed by atoms with E-state index in [2.05, 4.69) is 20.9 Å². The monoisotopic (exact) mass is 244 g/mol. The van der Waals surface area contributed by atoms with Crippen LogP contribution in [0.3, 0.4) is 0 Å². The van der Waals surface area contributed by atoms with Crippen molar-refractivity contribution < 1.29 is 5.11 Å². The molecule has 0 fully saturated rings. The van der Waals surface area contributed by atoms with Crippen LogP contribution in [0, 0.1) is 6.92 Å². The summed E-state index contributed by atoms with van der Waals surface area (Å²) >= 11 is 3.31. The lowest BCUT2D eigenvalue weighted by Crippen LogP contribution is -2.25. The quantitative estimate of drug-likeness (QED) is 0.830. The highest BCUT2D eigenvalue weighted by atomic mass is 79.9. The molecule has 3 N–H and O–H groups in total. The van der Waals surface area contributed by atoms with Gasteiger partial charge in [0.05, 0.1) is 5.69 Å². The van der Waals surface area contributed by atoms with Crippen molar-refractivity contribution in [2.45, 2.75) is 26.0 Å². The van der Waals surface area contributed by atoms with Crippen molar-refractivity contribution in [1.82, 2.24) is 4.98 Å². The van der Waals surface area contributed by atoms with E-state index in [1.54, 1.807) is 13.1 Å².